The lowest BCUT2D eigenvalue weighted by atomic mass is 9.66. The molecule has 7 heteroatoms. The molecule has 4 heterocycles. The van der Waals surface area contributed by atoms with E-state index in [-0.39, 0.29) is 16.9 Å². The van der Waals surface area contributed by atoms with Crippen LogP contribution in [0.5, 0.6) is 0 Å². The van der Waals surface area contributed by atoms with Crippen LogP contribution in [0.4, 0.5) is 0 Å². The van der Waals surface area contributed by atoms with Crippen LogP contribution in [0.1, 0.15) is 47.8 Å². The molecule has 2 aliphatic heterocycles. The Labute approximate surface area is 156 Å². The van der Waals surface area contributed by atoms with E-state index in [2.05, 4.69) is 33.7 Å². The fourth-order valence-electron chi connectivity index (χ4n) is 5.93. The lowest BCUT2D eigenvalue weighted by Crippen LogP contribution is -2.57. The summed E-state index contributed by atoms with van der Waals surface area (Å²) in [6.07, 6.45) is 6.11. The quantitative estimate of drug-likeness (QED) is 0.834. The minimum atomic E-state index is -0.161. The zero-order valence-electron chi connectivity index (χ0n) is 15.4. The number of carbonyl (C=O) groups excluding carboxylic acids is 1. The molecule has 1 amide bonds. The molecule has 5 rings (SSSR count). The van der Waals surface area contributed by atoms with Gasteiger partial charge in [-0.1, -0.05) is 6.92 Å². The third kappa shape index (κ3) is 1.98. The lowest BCUT2D eigenvalue weighted by Gasteiger charge is -2.50. The number of nitrogens with one attached hydrogen (secondary N) is 1. The number of likely N-dealkylation sites (tertiary alicyclic amines) is 2. The van der Waals surface area contributed by atoms with Gasteiger partial charge in [-0.2, -0.15) is 0 Å². The molecule has 4 atom stereocenters. The van der Waals surface area contributed by atoms with Crippen LogP contribution in [0.25, 0.3) is 10.2 Å². The topological polar surface area (TPSA) is 69.3 Å². The lowest BCUT2D eigenvalue weighted by molar-refractivity contribution is 0.0120. The van der Waals surface area contributed by atoms with E-state index in [4.69, 9.17) is 0 Å². The molecule has 2 aromatic rings. The summed E-state index contributed by atoms with van der Waals surface area (Å²) in [5.74, 6) is 0.0850. The fourth-order valence-corrected chi connectivity index (χ4v) is 7.04. The standard InChI is InChI=1S/C19H24N4O2S/c1-10-14-16(24)20-9-21-17(14)26-15(10)18(25)23-8-11-7-19(2)12(22(11)3)5-4-6-13(19)23/h9,11-13H,4-8H2,1-3H3,(H,20,21,24)/t11-,12-,13+,19-/m0/s1. The third-order valence-electron chi connectivity index (χ3n) is 7.19. The SMILES string of the molecule is Cc1c(C(=O)N2C[C@@H]3C[C@@]4(C)[C@H](CCC[C@@H]24)N3C)sc2nc[nH]c(=O)c12. The van der Waals surface area contributed by atoms with Crippen molar-refractivity contribution < 1.29 is 4.79 Å². The van der Waals surface area contributed by atoms with E-state index in [1.807, 2.05) is 6.92 Å². The number of aromatic nitrogens is 2. The number of aromatic amines is 1. The predicted molar refractivity (Wildman–Crippen MR) is 102 cm³/mol. The van der Waals surface area contributed by atoms with Crippen molar-refractivity contribution in [2.24, 2.45) is 5.41 Å². The monoisotopic (exact) mass is 372 g/mol. The van der Waals surface area contributed by atoms with Crippen LogP contribution in [0.3, 0.4) is 0 Å². The van der Waals surface area contributed by atoms with Crippen LogP contribution < -0.4 is 5.56 Å². The Hall–Kier alpha value is -1.73. The van der Waals surface area contributed by atoms with Gasteiger partial charge in [-0.25, -0.2) is 4.98 Å². The molecule has 1 saturated carbocycles. The van der Waals surface area contributed by atoms with Gasteiger partial charge in [-0.3, -0.25) is 14.5 Å². The van der Waals surface area contributed by atoms with Gasteiger partial charge in [0.05, 0.1) is 16.6 Å². The van der Waals surface area contributed by atoms with Crippen molar-refractivity contribution in [1.82, 2.24) is 19.8 Å². The van der Waals surface area contributed by atoms with Crippen LogP contribution in [0.15, 0.2) is 11.1 Å². The number of H-pyrrole nitrogens is 1. The minimum Gasteiger partial charge on any atom is -0.333 e. The summed E-state index contributed by atoms with van der Waals surface area (Å²) >= 11 is 1.36. The molecule has 0 unspecified atom stereocenters. The van der Waals surface area contributed by atoms with Crippen molar-refractivity contribution in [1.29, 1.82) is 0 Å². The van der Waals surface area contributed by atoms with E-state index in [1.165, 1.54) is 36.9 Å². The number of hydrogen-bond acceptors (Lipinski definition) is 5. The molecule has 0 aromatic carbocycles. The van der Waals surface area contributed by atoms with Gasteiger partial charge >= 0.3 is 0 Å². The summed E-state index contributed by atoms with van der Waals surface area (Å²) < 4.78 is 0. The smallest absolute Gasteiger partial charge is 0.264 e. The Balaban J connectivity index is 1.59. The van der Waals surface area contributed by atoms with E-state index in [9.17, 15) is 9.59 Å². The van der Waals surface area contributed by atoms with Gasteiger partial charge in [0.1, 0.15) is 4.83 Å². The molecule has 26 heavy (non-hydrogen) atoms. The average Bonchev–Trinajstić information content (AvgIpc) is 3.08. The number of fused-ring (bicyclic) bond motifs is 2. The van der Waals surface area contributed by atoms with Crippen molar-refractivity contribution >= 4 is 27.5 Å². The van der Waals surface area contributed by atoms with Gasteiger partial charge in [-0.05, 0) is 45.2 Å². The number of carbonyl (C=O) groups is 1. The number of amides is 1. The van der Waals surface area contributed by atoms with Gasteiger partial charge in [-0.15, -0.1) is 11.3 Å². The summed E-state index contributed by atoms with van der Waals surface area (Å²) in [6.45, 7) is 5.05. The first kappa shape index (κ1) is 16.4. The van der Waals surface area contributed by atoms with E-state index >= 15 is 0 Å². The van der Waals surface area contributed by atoms with Gasteiger partial charge in [0.25, 0.3) is 11.5 Å². The summed E-state index contributed by atoms with van der Waals surface area (Å²) in [5.41, 5.74) is 0.797. The first-order chi connectivity index (χ1) is 12.4. The predicted octanol–water partition coefficient (Wildman–Crippen LogP) is 2.38. The molecule has 1 aliphatic carbocycles. The first-order valence-electron chi connectivity index (χ1n) is 9.41. The normalized spacial score (nSPS) is 33.8. The minimum absolute atomic E-state index is 0.0850. The molecule has 0 radical (unpaired) electrons. The number of likely N-dealkylation sites (N-methyl/N-ethyl adjacent to an activating group) is 1. The van der Waals surface area contributed by atoms with E-state index in [0.717, 1.165) is 18.5 Å². The average molecular weight is 372 g/mol. The van der Waals surface area contributed by atoms with Crippen molar-refractivity contribution in [2.45, 2.75) is 57.7 Å². The number of piperidine rings is 1. The highest BCUT2D eigenvalue weighted by molar-refractivity contribution is 7.20. The van der Waals surface area contributed by atoms with E-state index < -0.39 is 0 Å². The Morgan fingerprint density at radius 2 is 2.15 bits per heavy atom. The van der Waals surface area contributed by atoms with Crippen LogP contribution in [0, 0.1) is 12.3 Å². The molecule has 2 aromatic heterocycles. The van der Waals surface area contributed by atoms with Crippen LogP contribution in [0.2, 0.25) is 0 Å². The van der Waals surface area contributed by atoms with E-state index in [0.29, 0.717) is 33.2 Å². The Bertz CT molecular complexity index is 966. The zero-order chi connectivity index (χ0) is 18.2. The van der Waals surface area contributed by atoms with Crippen molar-refractivity contribution in [2.75, 3.05) is 13.6 Å². The van der Waals surface area contributed by atoms with Crippen molar-refractivity contribution in [3.05, 3.63) is 27.1 Å². The van der Waals surface area contributed by atoms with E-state index in [1.54, 1.807) is 0 Å². The van der Waals surface area contributed by atoms with Gasteiger partial charge in [0.15, 0.2) is 0 Å². The van der Waals surface area contributed by atoms with Gasteiger partial charge < -0.3 is 9.88 Å². The molecule has 6 nitrogen and oxygen atoms in total. The summed E-state index contributed by atoms with van der Waals surface area (Å²) in [5, 5.41) is 0.561. The maximum atomic E-state index is 13.5. The van der Waals surface area contributed by atoms with Gasteiger partial charge in [0.2, 0.25) is 0 Å². The second-order valence-corrected chi connectivity index (χ2v) is 9.42. The number of thiophene rings is 1. The highest BCUT2D eigenvalue weighted by atomic mass is 32.1. The summed E-state index contributed by atoms with van der Waals surface area (Å²) in [7, 11) is 2.23. The number of hydrogen-bond donors (Lipinski definition) is 1. The molecule has 1 N–H and O–H groups in total. The Morgan fingerprint density at radius 3 is 2.92 bits per heavy atom. The Morgan fingerprint density at radius 1 is 1.38 bits per heavy atom. The Kier molecular flexibility index (Phi) is 3.41. The van der Waals surface area contributed by atoms with Crippen LogP contribution >= 0.6 is 11.3 Å². The molecule has 3 fully saturated rings. The molecular weight excluding hydrogens is 348 g/mol. The molecular formula is C19H24N4O2S. The second kappa shape index (κ2) is 5.39. The van der Waals surface area contributed by atoms with Crippen molar-refractivity contribution in [3.63, 3.8) is 0 Å². The highest BCUT2D eigenvalue weighted by Gasteiger charge is 2.59. The molecule has 138 valence electrons. The number of nitrogens with zero attached hydrogens (tertiary/aromatic N) is 3. The summed E-state index contributed by atoms with van der Waals surface area (Å²) in [4.78, 5) is 38.6. The van der Waals surface area contributed by atoms with Gasteiger partial charge in [0, 0.05) is 30.1 Å². The largest absolute Gasteiger partial charge is 0.333 e. The highest BCUT2D eigenvalue weighted by Crippen LogP contribution is 2.54. The van der Waals surface area contributed by atoms with Crippen LogP contribution in [-0.4, -0.2) is 57.4 Å². The second-order valence-electron chi connectivity index (χ2n) is 8.42. The first-order valence-corrected chi connectivity index (χ1v) is 10.2. The molecule has 2 saturated heterocycles. The molecule has 2 bridgehead atoms. The zero-order valence-corrected chi connectivity index (χ0v) is 16.2. The number of aryl methyl sites for hydroxylation is 1. The molecule has 3 aliphatic rings. The van der Waals surface area contributed by atoms with Crippen LogP contribution in [-0.2, 0) is 0 Å². The maximum Gasteiger partial charge on any atom is 0.264 e. The fraction of sp³-hybridized carbons (Fsp3) is 0.632. The van der Waals surface area contributed by atoms with Crippen molar-refractivity contribution in [3.8, 4) is 0 Å². The maximum absolute atomic E-state index is 13.5. The molecule has 0 spiro atoms. The third-order valence-corrected chi connectivity index (χ3v) is 8.38. The summed E-state index contributed by atoms with van der Waals surface area (Å²) in [6, 6.07) is 1.32. The number of rotatable bonds is 1.